The van der Waals surface area contributed by atoms with E-state index in [-0.39, 0.29) is 12.0 Å². The van der Waals surface area contributed by atoms with E-state index in [9.17, 15) is 4.79 Å². The molecule has 0 aliphatic rings. The molecule has 0 aromatic heterocycles. The highest BCUT2D eigenvalue weighted by Crippen LogP contribution is 1.95. The van der Waals surface area contributed by atoms with Crippen LogP contribution < -0.4 is 5.32 Å². The molecule has 0 rings (SSSR count). The van der Waals surface area contributed by atoms with Crippen LogP contribution in [0.4, 0.5) is 0 Å². The SMILES string of the molecule is CNC(=O)C/C=C\N=COC(C)CCOC. The van der Waals surface area contributed by atoms with Crippen LogP contribution in [0.25, 0.3) is 0 Å². The van der Waals surface area contributed by atoms with Gasteiger partial charge in [0.1, 0.15) is 0 Å². The van der Waals surface area contributed by atoms with Crippen LogP contribution in [0, 0.1) is 0 Å². The van der Waals surface area contributed by atoms with Gasteiger partial charge < -0.3 is 14.8 Å². The highest BCUT2D eigenvalue weighted by Gasteiger charge is 1.98. The lowest BCUT2D eigenvalue weighted by molar-refractivity contribution is -0.119. The quantitative estimate of drug-likeness (QED) is 0.500. The Bertz CT molecular complexity index is 239. The average Bonchev–Trinajstić information content (AvgIpc) is 2.30. The smallest absolute Gasteiger partial charge is 0.223 e. The van der Waals surface area contributed by atoms with Crippen LogP contribution in [0.2, 0.25) is 0 Å². The first-order chi connectivity index (χ1) is 7.70. The normalized spacial score (nSPS) is 13.2. The van der Waals surface area contributed by atoms with E-state index in [1.54, 1.807) is 20.2 Å². The Hall–Kier alpha value is -1.36. The Labute approximate surface area is 96.5 Å². The van der Waals surface area contributed by atoms with Crippen molar-refractivity contribution in [2.75, 3.05) is 20.8 Å². The molecule has 0 heterocycles. The molecule has 0 saturated heterocycles. The molecule has 16 heavy (non-hydrogen) atoms. The molecule has 1 N–H and O–H groups in total. The summed E-state index contributed by atoms with van der Waals surface area (Å²) in [5.74, 6) is -0.0409. The molecule has 1 amide bonds. The molecule has 5 heteroatoms. The number of carbonyl (C=O) groups is 1. The number of nitrogens with zero attached hydrogens (tertiary/aromatic N) is 1. The molecule has 0 aromatic carbocycles. The summed E-state index contributed by atoms with van der Waals surface area (Å²) < 4.78 is 10.2. The van der Waals surface area contributed by atoms with Crippen LogP contribution in [0.3, 0.4) is 0 Å². The summed E-state index contributed by atoms with van der Waals surface area (Å²) in [6, 6.07) is 0. The van der Waals surface area contributed by atoms with Gasteiger partial charge in [0.15, 0.2) is 6.40 Å². The number of aliphatic imine (C=N–C) groups is 1. The first-order valence-electron chi connectivity index (χ1n) is 5.22. The molecule has 0 aliphatic carbocycles. The summed E-state index contributed by atoms with van der Waals surface area (Å²) in [7, 11) is 3.25. The molecule has 92 valence electrons. The minimum atomic E-state index is -0.0409. The summed E-state index contributed by atoms with van der Waals surface area (Å²) in [6.07, 6.45) is 5.81. The fourth-order valence-corrected chi connectivity index (χ4v) is 0.849. The largest absolute Gasteiger partial charge is 0.480 e. The molecular weight excluding hydrogens is 208 g/mol. The fraction of sp³-hybridized carbons (Fsp3) is 0.636. The number of nitrogens with one attached hydrogen (secondary N) is 1. The van der Waals surface area contributed by atoms with E-state index in [1.165, 1.54) is 12.6 Å². The first-order valence-corrected chi connectivity index (χ1v) is 5.22. The van der Waals surface area contributed by atoms with Crippen LogP contribution in [0.1, 0.15) is 19.8 Å². The summed E-state index contributed by atoms with van der Waals surface area (Å²) in [6.45, 7) is 2.61. The van der Waals surface area contributed by atoms with Crippen LogP contribution in [0.5, 0.6) is 0 Å². The summed E-state index contributed by atoms with van der Waals surface area (Å²) >= 11 is 0. The Morgan fingerprint density at radius 2 is 2.31 bits per heavy atom. The number of hydrogen-bond donors (Lipinski definition) is 1. The lowest BCUT2D eigenvalue weighted by atomic mass is 10.3. The van der Waals surface area contributed by atoms with Crippen molar-refractivity contribution >= 4 is 12.3 Å². The molecule has 0 bridgehead atoms. The lowest BCUT2D eigenvalue weighted by Gasteiger charge is -2.08. The van der Waals surface area contributed by atoms with Gasteiger partial charge in [0.05, 0.1) is 6.10 Å². The maximum atomic E-state index is 10.8. The minimum Gasteiger partial charge on any atom is -0.480 e. The number of rotatable bonds is 8. The third-order valence-electron chi connectivity index (χ3n) is 1.86. The Balaban J connectivity index is 3.56. The van der Waals surface area contributed by atoms with Gasteiger partial charge in [-0.2, -0.15) is 0 Å². The molecule has 0 fully saturated rings. The van der Waals surface area contributed by atoms with Gasteiger partial charge in [0, 0.05) is 39.8 Å². The van der Waals surface area contributed by atoms with E-state index < -0.39 is 0 Å². The molecule has 1 atom stereocenters. The molecular formula is C11H20N2O3. The number of amides is 1. The van der Waals surface area contributed by atoms with Crippen molar-refractivity contribution < 1.29 is 14.3 Å². The van der Waals surface area contributed by atoms with Gasteiger partial charge in [-0.3, -0.25) is 4.79 Å². The van der Waals surface area contributed by atoms with Crippen molar-refractivity contribution in [3.63, 3.8) is 0 Å². The highest BCUT2D eigenvalue weighted by molar-refractivity contribution is 5.77. The number of carbonyl (C=O) groups excluding carboxylic acids is 1. The van der Waals surface area contributed by atoms with Crippen molar-refractivity contribution in [2.45, 2.75) is 25.9 Å². The summed E-state index contributed by atoms with van der Waals surface area (Å²) in [5.41, 5.74) is 0. The van der Waals surface area contributed by atoms with Gasteiger partial charge >= 0.3 is 0 Å². The van der Waals surface area contributed by atoms with Crippen molar-refractivity contribution in [1.29, 1.82) is 0 Å². The zero-order chi connectivity index (χ0) is 12.2. The Morgan fingerprint density at radius 3 is 2.94 bits per heavy atom. The van der Waals surface area contributed by atoms with E-state index in [0.29, 0.717) is 13.0 Å². The summed E-state index contributed by atoms with van der Waals surface area (Å²) in [5, 5.41) is 2.51. The minimum absolute atomic E-state index is 0.0409. The molecule has 0 radical (unpaired) electrons. The van der Waals surface area contributed by atoms with Gasteiger partial charge in [-0.15, -0.1) is 0 Å². The van der Waals surface area contributed by atoms with E-state index >= 15 is 0 Å². The van der Waals surface area contributed by atoms with Crippen molar-refractivity contribution in [3.05, 3.63) is 12.3 Å². The van der Waals surface area contributed by atoms with Crippen molar-refractivity contribution in [2.24, 2.45) is 4.99 Å². The molecule has 0 aliphatic heterocycles. The van der Waals surface area contributed by atoms with Crippen LogP contribution >= 0.6 is 0 Å². The lowest BCUT2D eigenvalue weighted by Crippen LogP contribution is -2.15. The zero-order valence-electron chi connectivity index (χ0n) is 10.1. The van der Waals surface area contributed by atoms with Gasteiger partial charge in [-0.05, 0) is 6.92 Å². The second kappa shape index (κ2) is 10.2. The topological polar surface area (TPSA) is 59.9 Å². The summed E-state index contributed by atoms with van der Waals surface area (Å²) in [4.78, 5) is 14.7. The predicted molar refractivity (Wildman–Crippen MR) is 63.4 cm³/mol. The van der Waals surface area contributed by atoms with E-state index in [1.807, 2.05) is 6.92 Å². The Kier molecular flexibility index (Phi) is 9.30. The van der Waals surface area contributed by atoms with Crippen LogP contribution in [0.15, 0.2) is 17.3 Å². The van der Waals surface area contributed by atoms with E-state index in [2.05, 4.69) is 10.3 Å². The second-order valence-electron chi connectivity index (χ2n) is 3.24. The van der Waals surface area contributed by atoms with Crippen LogP contribution in [-0.2, 0) is 14.3 Å². The first kappa shape index (κ1) is 14.6. The zero-order valence-corrected chi connectivity index (χ0v) is 10.1. The average molecular weight is 228 g/mol. The van der Waals surface area contributed by atoms with Gasteiger partial charge in [0.25, 0.3) is 0 Å². The molecule has 0 aromatic rings. The number of ether oxygens (including phenoxy) is 2. The van der Waals surface area contributed by atoms with E-state index in [4.69, 9.17) is 9.47 Å². The molecule has 0 saturated carbocycles. The maximum Gasteiger partial charge on any atom is 0.223 e. The second-order valence-corrected chi connectivity index (χ2v) is 3.24. The standard InChI is InChI=1S/C11H20N2O3/c1-10(6-8-15-3)16-9-13-7-4-5-11(14)12-2/h4,7,9-10H,5-6,8H2,1-3H3,(H,12,14)/b7-4-,13-9?. The van der Waals surface area contributed by atoms with Gasteiger partial charge in [-0.1, -0.05) is 6.08 Å². The third-order valence-corrected chi connectivity index (χ3v) is 1.86. The monoisotopic (exact) mass is 228 g/mol. The van der Waals surface area contributed by atoms with Gasteiger partial charge in [0.2, 0.25) is 5.91 Å². The van der Waals surface area contributed by atoms with Crippen LogP contribution in [-0.4, -0.2) is 39.2 Å². The number of methoxy groups -OCH3 is 1. The highest BCUT2D eigenvalue weighted by atomic mass is 16.5. The van der Waals surface area contributed by atoms with Crippen molar-refractivity contribution in [1.82, 2.24) is 5.32 Å². The maximum absolute atomic E-state index is 10.8. The molecule has 5 nitrogen and oxygen atoms in total. The fourth-order valence-electron chi connectivity index (χ4n) is 0.849. The van der Waals surface area contributed by atoms with E-state index in [0.717, 1.165) is 6.42 Å². The molecule has 0 spiro atoms. The predicted octanol–water partition coefficient (Wildman–Crippen LogP) is 1.11. The molecule has 1 unspecified atom stereocenters. The Morgan fingerprint density at radius 1 is 1.56 bits per heavy atom. The number of hydrogen-bond acceptors (Lipinski definition) is 4. The van der Waals surface area contributed by atoms with Crippen molar-refractivity contribution in [3.8, 4) is 0 Å². The third kappa shape index (κ3) is 9.21. The van der Waals surface area contributed by atoms with Gasteiger partial charge in [-0.25, -0.2) is 4.99 Å².